The van der Waals surface area contributed by atoms with Crippen molar-refractivity contribution in [2.75, 3.05) is 20.8 Å². The first kappa shape index (κ1) is 15.7. The Morgan fingerprint density at radius 3 is 2.70 bits per heavy atom. The van der Waals surface area contributed by atoms with Gasteiger partial charge in [-0.1, -0.05) is 29.8 Å². The second-order valence-corrected chi connectivity index (χ2v) is 5.90. The Balaban J connectivity index is 2.17. The highest BCUT2D eigenvalue weighted by atomic mass is 35.5. The molecule has 2 aromatic rings. The van der Waals surface area contributed by atoms with Gasteiger partial charge in [0.25, 0.3) is 0 Å². The molecule has 0 bridgehead atoms. The predicted octanol–water partition coefficient (Wildman–Crippen LogP) is 3.16. The number of fused-ring (bicyclic) bond motifs is 1. The van der Waals surface area contributed by atoms with Crippen LogP contribution >= 0.6 is 11.6 Å². The molecule has 0 aliphatic carbocycles. The molecule has 0 radical (unpaired) electrons. The van der Waals surface area contributed by atoms with Crippen LogP contribution in [0.4, 0.5) is 0 Å². The molecule has 0 saturated carbocycles. The number of benzene rings is 2. The van der Waals surface area contributed by atoms with Crippen molar-refractivity contribution in [3.8, 4) is 11.5 Å². The molecule has 0 fully saturated rings. The molecule has 4 nitrogen and oxygen atoms in total. The number of methoxy groups -OCH3 is 2. The van der Waals surface area contributed by atoms with Gasteiger partial charge in [0.15, 0.2) is 11.5 Å². The Morgan fingerprint density at radius 1 is 1.13 bits per heavy atom. The number of para-hydroxylation sites is 1. The van der Waals surface area contributed by atoms with Gasteiger partial charge in [0, 0.05) is 23.0 Å². The fourth-order valence-electron chi connectivity index (χ4n) is 3.08. The minimum absolute atomic E-state index is 0.0120. The van der Waals surface area contributed by atoms with E-state index >= 15 is 0 Å². The molecule has 1 aliphatic heterocycles. The first-order valence-electron chi connectivity index (χ1n) is 7.40. The Morgan fingerprint density at radius 2 is 1.96 bits per heavy atom. The Kier molecular flexibility index (Phi) is 4.44. The van der Waals surface area contributed by atoms with E-state index in [0.717, 1.165) is 16.7 Å². The lowest BCUT2D eigenvalue weighted by Crippen LogP contribution is -2.26. The SMILES string of the molecule is COc1cccc(C2CNC(=O)Cc3ccc(Cl)cc32)c1OC. The van der Waals surface area contributed by atoms with Crippen LogP contribution < -0.4 is 14.8 Å². The quantitative estimate of drug-likeness (QED) is 0.939. The minimum Gasteiger partial charge on any atom is -0.493 e. The van der Waals surface area contributed by atoms with Crippen molar-refractivity contribution in [3.63, 3.8) is 0 Å². The first-order chi connectivity index (χ1) is 11.1. The average Bonchev–Trinajstić information content (AvgIpc) is 2.72. The fraction of sp³-hybridized carbons (Fsp3) is 0.278. The van der Waals surface area contributed by atoms with Crippen LogP contribution in [0.25, 0.3) is 0 Å². The maximum atomic E-state index is 12.0. The van der Waals surface area contributed by atoms with Crippen molar-refractivity contribution >= 4 is 17.5 Å². The van der Waals surface area contributed by atoms with E-state index in [1.807, 2.05) is 36.4 Å². The van der Waals surface area contributed by atoms with Gasteiger partial charge < -0.3 is 14.8 Å². The maximum Gasteiger partial charge on any atom is 0.224 e. The maximum absolute atomic E-state index is 12.0. The topological polar surface area (TPSA) is 47.6 Å². The van der Waals surface area contributed by atoms with E-state index in [1.54, 1.807) is 14.2 Å². The van der Waals surface area contributed by atoms with Crippen LogP contribution in [-0.4, -0.2) is 26.7 Å². The largest absolute Gasteiger partial charge is 0.493 e. The van der Waals surface area contributed by atoms with Gasteiger partial charge in [-0.3, -0.25) is 4.79 Å². The van der Waals surface area contributed by atoms with Crippen LogP contribution in [0, 0.1) is 0 Å². The molecule has 1 N–H and O–H groups in total. The summed E-state index contributed by atoms with van der Waals surface area (Å²) in [6, 6.07) is 11.4. The van der Waals surface area contributed by atoms with Crippen molar-refractivity contribution in [3.05, 3.63) is 58.1 Å². The lowest BCUT2D eigenvalue weighted by Gasteiger charge is -2.22. The molecule has 1 heterocycles. The molecule has 120 valence electrons. The first-order valence-corrected chi connectivity index (χ1v) is 7.77. The number of amides is 1. The van der Waals surface area contributed by atoms with Crippen LogP contribution in [-0.2, 0) is 11.2 Å². The third-order valence-electron chi connectivity index (χ3n) is 4.15. The molecule has 23 heavy (non-hydrogen) atoms. The predicted molar refractivity (Wildman–Crippen MR) is 89.6 cm³/mol. The summed E-state index contributed by atoms with van der Waals surface area (Å²) in [5.41, 5.74) is 3.00. The highest BCUT2D eigenvalue weighted by Crippen LogP contribution is 2.40. The molecular weight excluding hydrogens is 314 g/mol. The molecule has 3 rings (SSSR count). The number of rotatable bonds is 3. The number of carbonyl (C=O) groups excluding carboxylic acids is 1. The Hall–Kier alpha value is -2.20. The number of hydrogen-bond acceptors (Lipinski definition) is 3. The number of carbonyl (C=O) groups is 1. The molecule has 0 saturated heterocycles. The number of nitrogens with one attached hydrogen (secondary N) is 1. The van der Waals surface area contributed by atoms with E-state index in [0.29, 0.717) is 29.5 Å². The van der Waals surface area contributed by atoms with Crippen molar-refractivity contribution in [2.24, 2.45) is 0 Å². The molecule has 1 unspecified atom stereocenters. The lowest BCUT2D eigenvalue weighted by atomic mass is 9.87. The second kappa shape index (κ2) is 6.50. The summed E-state index contributed by atoms with van der Waals surface area (Å²) >= 11 is 6.19. The van der Waals surface area contributed by atoms with Gasteiger partial charge in [-0.15, -0.1) is 0 Å². The van der Waals surface area contributed by atoms with Crippen LogP contribution in [0.3, 0.4) is 0 Å². The average molecular weight is 332 g/mol. The summed E-state index contributed by atoms with van der Waals surface area (Å²) in [7, 11) is 3.23. The highest BCUT2D eigenvalue weighted by molar-refractivity contribution is 6.30. The summed E-state index contributed by atoms with van der Waals surface area (Å²) in [5.74, 6) is 1.32. The van der Waals surface area contributed by atoms with E-state index in [2.05, 4.69) is 5.32 Å². The molecule has 2 aromatic carbocycles. The normalized spacial score (nSPS) is 17.0. The molecule has 1 amide bonds. The molecule has 0 aromatic heterocycles. The van der Waals surface area contributed by atoms with Crippen LogP contribution in [0.2, 0.25) is 5.02 Å². The van der Waals surface area contributed by atoms with E-state index in [-0.39, 0.29) is 11.8 Å². The lowest BCUT2D eigenvalue weighted by molar-refractivity contribution is -0.120. The summed E-state index contributed by atoms with van der Waals surface area (Å²) in [5, 5.41) is 3.63. The van der Waals surface area contributed by atoms with Crippen molar-refractivity contribution in [1.29, 1.82) is 0 Å². The van der Waals surface area contributed by atoms with E-state index < -0.39 is 0 Å². The van der Waals surface area contributed by atoms with Gasteiger partial charge in [0.2, 0.25) is 5.91 Å². The number of hydrogen-bond donors (Lipinski definition) is 1. The molecular formula is C18H18ClNO3. The molecule has 5 heteroatoms. The van der Waals surface area contributed by atoms with Gasteiger partial charge in [-0.25, -0.2) is 0 Å². The van der Waals surface area contributed by atoms with Crippen molar-refractivity contribution in [1.82, 2.24) is 5.32 Å². The van der Waals surface area contributed by atoms with Crippen LogP contribution in [0.5, 0.6) is 11.5 Å². The Bertz CT molecular complexity index is 745. The molecule has 0 spiro atoms. The van der Waals surface area contributed by atoms with Gasteiger partial charge in [0.1, 0.15) is 0 Å². The van der Waals surface area contributed by atoms with Crippen molar-refractivity contribution < 1.29 is 14.3 Å². The summed E-state index contributed by atoms with van der Waals surface area (Å²) in [6.45, 7) is 0.496. The molecule has 1 aliphatic rings. The third-order valence-corrected chi connectivity index (χ3v) is 4.38. The van der Waals surface area contributed by atoms with Crippen LogP contribution in [0.1, 0.15) is 22.6 Å². The Labute approximate surface area is 140 Å². The van der Waals surface area contributed by atoms with E-state index in [9.17, 15) is 4.79 Å². The minimum atomic E-state index is -0.0415. The second-order valence-electron chi connectivity index (χ2n) is 5.46. The number of halogens is 1. The van der Waals surface area contributed by atoms with Crippen molar-refractivity contribution in [2.45, 2.75) is 12.3 Å². The molecule has 1 atom stereocenters. The summed E-state index contributed by atoms with van der Waals surface area (Å²) in [4.78, 5) is 12.0. The van der Waals surface area contributed by atoms with Crippen LogP contribution in [0.15, 0.2) is 36.4 Å². The highest BCUT2D eigenvalue weighted by Gasteiger charge is 2.27. The van der Waals surface area contributed by atoms with Gasteiger partial charge >= 0.3 is 0 Å². The zero-order valence-corrected chi connectivity index (χ0v) is 13.8. The standard InChI is InChI=1S/C18H18ClNO3/c1-22-16-5-3-4-13(18(16)23-2)15-10-20-17(21)8-11-6-7-12(19)9-14(11)15/h3-7,9,15H,8,10H2,1-2H3,(H,20,21). The summed E-state index contributed by atoms with van der Waals surface area (Å²) < 4.78 is 11.0. The van der Waals surface area contributed by atoms with Gasteiger partial charge in [-0.05, 0) is 29.3 Å². The summed E-state index contributed by atoms with van der Waals surface area (Å²) in [6.07, 6.45) is 0.356. The van der Waals surface area contributed by atoms with Gasteiger partial charge in [0.05, 0.1) is 20.6 Å². The monoisotopic (exact) mass is 331 g/mol. The third kappa shape index (κ3) is 2.99. The number of ether oxygens (including phenoxy) is 2. The zero-order chi connectivity index (χ0) is 16.4. The van der Waals surface area contributed by atoms with Gasteiger partial charge in [-0.2, -0.15) is 0 Å². The van der Waals surface area contributed by atoms with E-state index in [4.69, 9.17) is 21.1 Å². The van der Waals surface area contributed by atoms with E-state index in [1.165, 1.54) is 0 Å². The smallest absolute Gasteiger partial charge is 0.224 e. The fourth-order valence-corrected chi connectivity index (χ4v) is 3.26. The zero-order valence-electron chi connectivity index (χ0n) is 13.1.